The molecule has 0 fully saturated rings. The number of carbonyl (C=O) groups is 1. The molecule has 0 saturated carbocycles. The highest BCUT2D eigenvalue weighted by molar-refractivity contribution is 6.43. The highest BCUT2D eigenvalue weighted by Crippen LogP contribution is 2.18. The fourth-order valence-electron chi connectivity index (χ4n) is 3.72. The first-order valence-electron chi connectivity index (χ1n) is 10.5. The van der Waals surface area contributed by atoms with Crippen LogP contribution in [0.3, 0.4) is 0 Å². The minimum Gasteiger partial charge on any atom is -0.426 e. The number of benzene rings is 2. The maximum Gasteiger partial charge on any atom is 0.475 e. The number of carbonyl (C=O) groups excluding carboxylic acids is 1. The first kappa shape index (κ1) is 21.0. The number of fused-ring (bicyclic) bond motifs is 1. The van der Waals surface area contributed by atoms with Crippen LogP contribution in [-0.2, 0) is 17.6 Å². The second kappa shape index (κ2) is 9.72. The topological polar surface area (TPSA) is 100 Å². The van der Waals surface area contributed by atoms with Gasteiger partial charge in [-0.2, -0.15) is 0 Å². The molecule has 31 heavy (non-hydrogen) atoms. The molecule has 1 aliphatic rings. The van der Waals surface area contributed by atoms with Crippen LogP contribution in [0, 0.1) is 0 Å². The Morgan fingerprint density at radius 3 is 2.81 bits per heavy atom. The standard InChI is InChI=1S/C23H25BN4O3/c29-23(13-12-20-16-28(27-26-20)21-8-2-1-3-9-21)25-22(24(30)31)15-17-10-11-18-6-4-5-7-19(18)14-17/h1-8,10-11,14,16,21-22,30-31H,9,12-13,15H2,(H,25,29). The van der Waals surface area contributed by atoms with Gasteiger partial charge in [0.05, 0.1) is 17.7 Å². The van der Waals surface area contributed by atoms with Gasteiger partial charge in [-0.15, -0.1) is 5.10 Å². The summed E-state index contributed by atoms with van der Waals surface area (Å²) in [5, 5.41) is 32.8. The van der Waals surface area contributed by atoms with Crippen LogP contribution in [0.15, 0.2) is 73.0 Å². The lowest BCUT2D eigenvalue weighted by Gasteiger charge is -2.18. The number of hydrogen-bond acceptors (Lipinski definition) is 5. The van der Waals surface area contributed by atoms with E-state index in [2.05, 4.69) is 27.8 Å². The van der Waals surface area contributed by atoms with Crippen molar-refractivity contribution in [2.75, 3.05) is 0 Å². The Kier molecular flexibility index (Phi) is 6.59. The second-order valence-corrected chi connectivity index (χ2v) is 7.78. The van der Waals surface area contributed by atoms with Crippen molar-refractivity contribution in [3.8, 4) is 0 Å². The minimum atomic E-state index is -1.65. The third kappa shape index (κ3) is 5.48. The number of aromatic nitrogens is 3. The normalized spacial score (nSPS) is 16.4. The van der Waals surface area contributed by atoms with Crippen LogP contribution in [0.25, 0.3) is 10.8 Å². The molecule has 0 bridgehead atoms. The van der Waals surface area contributed by atoms with Gasteiger partial charge in [-0.25, -0.2) is 4.68 Å². The molecule has 0 spiro atoms. The molecule has 1 aliphatic carbocycles. The van der Waals surface area contributed by atoms with E-state index in [-0.39, 0.29) is 18.4 Å². The second-order valence-electron chi connectivity index (χ2n) is 7.78. The largest absolute Gasteiger partial charge is 0.475 e. The number of nitrogens with one attached hydrogen (secondary N) is 1. The molecule has 1 amide bonds. The van der Waals surface area contributed by atoms with Crippen molar-refractivity contribution in [2.45, 2.75) is 37.7 Å². The summed E-state index contributed by atoms with van der Waals surface area (Å²) in [6.07, 6.45) is 11.8. The number of hydrogen-bond donors (Lipinski definition) is 3. The fourth-order valence-corrected chi connectivity index (χ4v) is 3.72. The number of rotatable bonds is 8. The number of aryl methyl sites for hydroxylation is 1. The average molecular weight is 416 g/mol. The molecule has 0 radical (unpaired) electrons. The molecule has 158 valence electrons. The van der Waals surface area contributed by atoms with E-state index in [9.17, 15) is 14.8 Å². The third-order valence-electron chi connectivity index (χ3n) is 5.44. The van der Waals surface area contributed by atoms with Crippen LogP contribution in [-0.4, -0.2) is 44.0 Å². The Morgan fingerprint density at radius 1 is 1.19 bits per heavy atom. The predicted molar refractivity (Wildman–Crippen MR) is 120 cm³/mol. The first-order chi connectivity index (χ1) is 15.1. The van der Waals surface area contributed by atoms with E-state index in [4.69, 9.17) is 0 Å². The predicted octanol–water partition coefficient (Wildman–Crippen LogP) is 2.16. The molecule has 4 rings (SSSR count). The zero-order valence-electron chi connectivity index (χ0n) is 17.1. The van der Waals surface area contributed by atoms with Crippen LogP contribution >= 0.6 is 0 Å². The van der Waals surface area contributed by atoms with E-state index >= 15 is 0 Å². The fraction of sp³-hybridized carbons (Fsp3) is 0.261. The summed E-state index contributed by atoms with van der Waals surface area (Å²) in [7, 11) is -1.65. The molecule has 8 heteroatoms. The monoisotopic (exact) mass is 416 g/mol. The summed E-state index contributed by atoms with van der Waals surface area (Å²) < 4.78 is 1.80. The van der Waals surface area contributed by atoms with E-state index in [1.165, 1.54) is 0 Å². The van der Waals surface area contributed by atoms with Crippen LogP contribution in [0.1, 0.15) is 30.1 Å². The van der Waals surface area contributed by atoms with E-state index in [1.807, 2.05) is 60.8 Å². The summed E-state index contributed by atoms with van der Waals surface area (Å²) in [6, 6.07) is 14.1. The van der Waals surface area contributed by atoms with Gasteiger partial charge in [0.1, 0.15) is 0 Å². The van der Waals surface area contributed by atoms with Crippen molar-refractivity contribution in [1.82, 2.24) is 20.3 Å². The SMILES string of the molecule is O=C(CCc1cn(C2C=CC=CC2)nn1)NC(Cc1ccc2ccccc2c1)B(O)O. The Hall–Kier alpha value is -3.23. The Balaban J connectivity index is 1.32. The van der Waals surface area contributed by atoms with Crippen molar-refractivity contribution >= 4 is 23.8 Å². The summed E-state index contributed by atoms with van der Waals surface area (Å²) in [6.45, 7) is 0. The Labute approximate surface area is 181 Å². The zero-order valence-corrected chi connectivity index (χ0v) is 17.1. The van der Waals surface area contributed by atoms with Gasteiger partial charge in [-0.1, -0.05) is 72.0 Å². The van der Waals surface area contributed by atoms with Crippen LogP contribution in [0.4, 0.5) is 0 Å². The molecule has 1 aromatic heterocycles. The quantitative estimate of drug-likeness (QED) is 0.489. The smallest absolute Gasteiger partial charge is 0.426 e. The minimum absolute atomic E-state index is 0.149. The van der Waals surface area contributed by atoms with E-state index in [0.717, 1.165) is 28.5 Å². The van der Waals surface area contributed by atoms with Crippen molar-refractivity contribution < 1.29 is 14.8 Å². The number of nitrogens with zero attached hydrogens (tertiary/aromatic N) is 3. The third-order valence-corrected chi connectivity index (χ3v) is 5.44. The summed E-state index contributed by atoms with van der Waals surface area (Å²) in [5.74, 6) is -1.04. The lowest BCUT2D eigenvalue weighted by molar-refractivity contribution is -0.121. The molecule has 7 nitrogen and oxygen atoms in total. The number of allylic oxidation sites excluding steroid dienone is 4. The van der Waals surface area contributed by atoms with Gasteiger partial charge in [0, 0.05) is 19.0 Å². The van der Waals surface area contributed by atoms with Gasteiger partial charge in [0.15, 0.2) is 0 Å². The highest BCUT2D eigenvalue weighted by atomic mass is 16.4. The van der Waals surface area contributed by atoms with Gasteiger partial charge >= 0.3 is 7.12 Å². The van der Waals surface area contributed by atoms with Crippen molar-refractivity contribution in [3.05, 3.63) is 84.2 Å². The Morgan fingerprint density at radius 2 is 2.03 bits per heavy atom. The van der Waals surface area contributed by atoms with E-state index in [1.54, 1.807) is 4.68 Å². The molecular weight excluding hydrogens is 391 g/mol. The molecule has 0 saturated heterocycles. The van der Waals surface area contributed by atoms with Gasteiger partial charge in [0.25, 0.3) is 0 Å². The zero-order chi connectivity index (χ0) is 21.6. The summed E-state index contributed by atoms with van der Waals surface area (Å²) in [4.78, 5) is 12.4. The maximum atomic E-state index is 12.4. The lowest BCUT2D eigenvalue weighted by atomic mass is 9.75. The van der Waals surface area contributed by atoms with E-state index in [0.29, 0.717) is 12.8 Å². The maximum absolute atomic E-state index is 12.4. The number of amides is 1. The van der Waals surface area contributed by atoms with Gasteiger partial charge in [-0.05, 0) is 29.2 Å². The molecular formula is C23H25BN4O3. The van der Waals surface area contributed by atoms with Crippen molar-refractivity contribution in [2.24, 2.45) is 0 Å². The van der Waals surface area contributed by atoms with Gasteiger partial charge in [-0.3, -0.25) is 4.79 Å². The average Bonchev–Trinajstić information content (AvgIpc) is 3.27. The molecule has 3 N–H and O–H groups in total. The molecule has 0 aliphatic heterocycles. The summed E-state index contributed by atoms with van der Waals surface area (Å²) in [5.41, 5.74) is 1.66. The Bertz CT molecular complexity index is 1110. The van der Waals surface area contributed by atoms with Crippen molar-refractivity contribution in [3.63, 3.8) is 0 Å². The molecule has 2 unspecified atom stereocenters. The van der Waals surface area contributed by atoms with Crippen LogP contribution in [0.2, 0.25) is 0 Å². The molecule has 2 atom stereocenters. The van der Waals surface area contributed by atoms with Crippen molar-refractivity contribution in [1.29, 1.82) is 0 Å². The molecule has 1 heterocycles. The highest BCUT2D eigenvalue weighted by Gasteiger charge is 2.25. The lowest BCUT2D eigenvalue weighted by Crippen LogP contribution is -2.48. The summed E-state index contributed by atoms with van der Waals surface area (Å²) >= 11 is 0. The van der Waals surface area contributed by atoms with E-state index < -0.39 is 13.1 Å². The van der Waals surface area contributed by atoms with Crippen LogP contribution < -0.4 is 5.32 Å². The molecule has 3 aromatic rings. The van der Waals surface area contributed by atoms with Gasteiger partial charge < -0.3 is 15.4 Å². The van der Waals surface area contributed by atoms with Gasteiger partial charge in [0.2, 0.25) is 5.91 Å². The first-order valence-corrected chi connectivity index (χ1v) is 10.5. The van der Waals surface area contributed by atoms with Crippen LogP contribution in [0.5, 0.6) is 0 Å². The molecule has 2 aromatic carbocycles.